The highest BCUT2D eigenvalue weighted by molar-refractivity contribution is 7.18. The van der Waals surface area contributed by atoms with Crippen molar-refractivity contribution in [2.45, 2.75) is 13.8 Å². The van der Waals surface area contributed by atoms with Crippen LogP contribution in [0.3, 0.4) is 0 Å². The van der Waals surface area contributed by atoms with Crippen LogP contribution < -0.4 is 5.56 Å². The van der Waals surface area contributed by atoms with Crippen molar-refractivity contribution in [3.63, 3.8) is 0 Å². The van der Waals surface area contributed by atoms with Gasteiger partial charge in [-0.1, -0.05) is 35.9 Å². The summed E-state index contributed by atoms with van der Waals surface area (Å²) in [6, 6.07) is 7.58. The molecule has 0 atom stereocenters. The Morgan fingerprint density at radius 3 is 2.67 bits per heavy atom. The molecule has 0 radical (unpaired) electrons. The Kier molecular flexibility index (Phi) is 2.58. The molecule has 4 rings (SSSR count). The predicted molar refractivity (Wildman–Crippen MR) is 86.6 cm³/mol. The zero-order valence-electron chi connectivity index (χ0n) is 11.3. The second-order valence-corrected chi connectivity index (χ2v) is 6.51. The summed E-state index contributed by atoms with van der Waals surface area (Å²) in [4.78, 5) is 19.2. The maximum Gasteiger partial charge on any atom is 0.283 e. The van der Waals surface area contributed by atoms with E-state index in [1.54, 1.807) is 0 Å². The molecule has 104 valence electrons. The molecular weight excluding hydrogens is 306 g/mol. The Labute approximate surface area is 128 Å². The van der Waals surface area contributed by atoms with Crippen molar-refractivity contribution in [1.82, 2.24) is 14.6 Å². The van der Waals surface area contributed by atoms with Gasteiger partial charge in [0.1, 0.15) is 4.83 Å². The van der Waals surface area contributed by atoms with Crippen molar-refractivity contribution in [1.29, 1.82) is 0 Å². The lowest BCUT2D eigenvalue weighted by Crippen LogP contribution is -2.18. The third kappa shape index (κ3) is 1.65. The molecule has 0 spiro atoms. The minimum Gasteiger partial charge on any atom is -0.267 e. The van der Waals surface area contributed by atoms with Gasteiger partial charge >= 0.3 is 0 Å². The highest BCUT2D eigenvalue weighted by Crippen LogP contribution is 2.29. The summed E-state index contributed by atoms with van der Waals surface area (Å²) < 4.78 is 1.31. The van der Waals surface area contributed by atoms with Crippen molar-refractivity contribution in [3.8, 4) is 0 Å². The Bertz CT molecular complexity index is 1100. The summed E-state index contributed by atoms with van der Waals surface area (Å²) in [7, 11) is 0. The minimum absolute atomic E-state index is 0.162. The van der Waals surface area contributed by atoms with Crippen LogP contribution >= 0.6 is 22.9 Å². The SMILES string of the molecule is Cc1sc2nc3c4ccccc4c(Cl)nn3c(=O)c2c1C. The van der Waals surface area contributed by atoms with Gasteiger partial charge in [-0.25, -0.2) is 4.98 Å². The van der Waals surface area contributed by atoms with Crippen LogP contribution in [0, 0.1) is 13.8 Å². The standard InChI is InChI=1S/C15H10ClN3OS/c1-7-8(2)21-14-11(7)15(20)19-13(17-14)10-6-4-3-5-9(10)12(16)18-19/h3-6H,1-2H3. The Hall–Kier alpha value is -1.98. The lowest BCUT2D eigenvalue weighted by Gasteiger charge is -2.05. The summed E-state index contributed by atoms with van der Waals surface area (Å²) in [5, 5.41) is 6.79. The molecule has 4 nitrogen and oxygen atoms in total. The molecule has 3 aromatic heterocycles. The summed E-state index contributed by atoms with van der Waals surface area (Å²) in [6.07, 6.45) is 0. The van der Waals surface area contributed by atoms with Crippen molar-refractivity contribution in [3.05, 3.63) is 50.2 Å². The molecule has 0 amide bonds. The van der Waals surface area contributed by atoms with Gasteiger partial charge in [0.2, 0.25) is 0 Å². The topological polar surface area (TPSA) is 47.3 Å². The van der Waals surface area contributed by atoms with Gasteiger partial charge in [0.15, 0.2) is 10.8 Å². The number of benzene rings is 1. The van der Waals surface area contributed by atoms with E-state index in [1.807, 2.05) is 38.1 Å². The van der Waals surface area contributed by atoms with Crippen molar-refractivity contribution in [2.24, 2.45) is 0 Å². The van der Waals surface area contributed by atoms with Crippen LogP contribution in [0.5, 0.6) is 0 Å². The average Bonchev–Trinajstić information content (AvgIpc) is 2.76. The van der Waals surface area contributed by atoms with Gasteiger partial charge < -0.3 is 0 Å². The van der Waals surface area contributed by atoms with E-state index in [-0.39, 0.29) is 5.56 Å². The lowest BCUT2D eigenvalue weighted by molar-refractivity contribution is 0.893. The Morgan fingerprint density at radius 2 is 1.90 bits per heavy atom. The number of hydrogen-bond donors (Lipinski definition) is 0. The van der Waals surface area contributed by atoms with Gasteiger partial charge in [0.25, 0.3) is 5.56 Å². The van der Waals surface area contributed by atoms with Gasteiger partial charge in [-0.3, -0.25) is 4.79 Å². The van der Waals surface area contributed by atoms with E-state index in [9.17, 15) is 4.79 Å². The van der Waals surface area contributed by atoms with E-state index >= 15 is 0 Å². The number of halogens is 1. The molecule has 21 heavy (non-hydrogen) atoms. The molecule has 0 saturated carbocycles. The number of thiophene rings is 1. The van der Waals surface area contributed by atoms with Gasteiger partial charge in [0, 0.05) is 15.6 Å². The first-order chi connectivity index (χ1) is 10.1. The Balaban J connectivity index is 2.37. The average molecular weight is 316 g/mol. The van der Waals surface area contributed by atoms with Crippen LogP contribution in [0.25, 0.3) is 26.6 Å². The third-order valence-corrected chi connectivity index (χ3v) is 5.14. The number of rotatable bonds is 0. The number of fused-ring (bicyclic) bond motifs is 4. The smallest absolute Gasteiger partial charge is 0.267 e. The molecule has 1 aromatic carbocycles. The molecule has 3 heterocycles. The molecule has 0 fully saturated rings. The maximum atomic E-state index is 12.7. The first-order valence-corrected chi connectivity index (χ1v) is 7.64. The maximum absolute atomic E-state index is 12.7. The van der Waals surface area contributed by atoms with E-state index in [0.29, 0.717) is 16.2 Å². The molecule has 0 unspecified atom stereocenters. The normalized spacial score (nSPS) is 11.8. The van der Waals surface area contributed by atoms with Gasteiger partial charge in [-0.15, -0.1) is 11.3 Å². The minimum atomic E-state index is -0.162. The molecule has 0 aliphatic rings. The number of hydrogen-bond acceptors (Lipinski definition) is 4. The highest BCUT2D eigenvalue weighted by atomic mass is 35.5. The van der Waals surface area contributed by atoms with Crippen LogP contribution in [0.4, 0.5) is 0 Å². The molecule has 0 bridgehead atoms. The molecule has 0 aliphatic heterocycles. The zero-order chi connectivity index (χ0) is 14.7. The van der Waals surface area contributed by atoms with E-state index in [4.69, 9.17) is 11.6 Å². The molecule has 0 aliphatic carbocycles. The van der Waals surface area contributed by atoms with Gasteiger partial charge in [-0.05, 0) is 19.4 Å². The molecule has 6 heteroatoms. The first-order valence-electron chi connectivity index (χ1n) is 6.45. The lowest BCUT2D eigenvalue weighted by atomic mass is 10.2. The monoisotopic (exact) mass is 315 g/mol. The fourth-order valence-electron chi connectivity index (χ4n) is 2.55. The van der Waals surface area contributed by atoms with E-state index in [0.717, 1.165) is 26.0 Å². The summed E-state index contributed by atoms with van der Waals surface area (Å²) in [5.74, 6) is 0. The third-order valence-electron chi connectivity index (χ3n) is 3.76. The fraction of sp³-hybridized carbons (Fsp3) is 0.133. The fourth-order valence-corrected chi connectivity index (χ4v) is 3.81. The molecule has 0 saturated heterocycles. The zero-order valence-corrected chi connectivity index (χ0v) is 12.9. The van der Waals surface area contributed by atoms with E-state index < -0.39 is 0 Å². The van der Waals surface area contributed by atoms with E-state index in [1.165, 1.54) is 15.9 Å². The van der Waals surface area contributed by atoms with Gasteiger partial charge in [-0.2, -0.15) is 9.61 Å². The van der Waals surface area contributed by atoms with Crippen LogP contribution in [-0.2, 0) is 0 Å². The second kappa shape index (κ2) is 4.26. The second-order valence-electron chi connectivity index (χ2n) is 4.95. The van der Waals surface area contributed by atoms with Crippen LogP contribution in [0.2, 0.25) is 5.15 Å². The first kappa shape index (κ1) is 12.7. The highest BCUT2D eigenvalue weighted by Gasteiger charge is 2.16. The summed E-state index contributed by atoms with van der Waals surface area (Å²) in [6.45, 7) is 3.93. The van der Waals surface area contributed by atoms with Crippen LogP contribution in [-0.4, -0.2) is 14.6 Å². The van der Waals surface area contributed by atoms with E-state index in [2.05, 4.69) is 10.1 Å². The van der Waals surface area contributed by atoms with Gasteiger partial charge in [0.05, 0.1) is 5.39 Å². The molecular formula is C15H10ClN3OS. The van der Waals surface area contributed by atoms with Crippen molar-refractivity contribution < 1.29 is 0 Å². The van der Waals surface area contributed by atoms with Crippen LogP contribution in [0.1, 0.15) is 10.4 Å². The molecule has 4 aromatic rings. The van der Waals surface area contributed by atoms with Crippen molar-refractivity contribution in [2.75, 3.05) is 0 Å². The number of nitrogens with zero attached hydrogens (tertiary/aromatic N) is 3. The largest absolute Gasteiger partial charge is 0.283 e. The summed E-state index contributed by atoms with van der Waals surface area (Å²) >= 11 is 7.74. The quantitative estimate of drug-likeness (QED) is 0.465. The predicted octanol–water partition coefficient (Wildman–Crippen LogP) is 3.73. The summed E-state index contributed by atoms with van der Waals surface area (Å²) in [5.41, 5.74) is 1.35. The Morgan fingerprint density at radius 1 is 1.19 bits per heavy atom. The molecule has 0 N–H and O–H groups in total. The van der Waals surface area contributed by atoms with Crippen LogP contribution in [0.15, 0.2) is 29.1 Å². The van der Waals surface area contributed by atoms with Crippen molar-refractivity contribution >= 4 is 49.6 Å². The number of aromatic nitrogens is 3. The number of aryl methyl sites for hydroxylation is 2.